The fraction of sp³-hybridized carbons (Fsp3) is 0.455. The summed E-state index contributed by atoms with van der Waals surface area (Å²) in [5.41, 5.74) is 0.0998. The van der Waals surface area contributed by atoms with E-state index in [0.717, 1.165) is 0 Å². The molecule has 0 heterocycles. The number of hydrogen-bond donors (Lipinski definition) is 1. The number of rotatable bonds is 5. The van der Waals surface area contributed by atoms with E-state index < -0.39 is 18.2 Å². The van der Waals surface area contributed by atoms with Crippen LogP contribution in [0.5, 0.6) is 0 Å². The molecule has 0 aliphatic heterocycles. The molecule has 1 N–H and O–H groups in total. The van der Waals surface area contributed by atoms with Crippen molar-refractivity contribution < 1.29 is 13.2 Å². The minimum atomic E-state index is -2.53. The minimum absolute atomic E-state index is 0.0998. The van der Waals surface area contributed by atoms with Gasteiger partial charge in [-0.2, -0.15) is 0 Å². The fourth-order valence-corrected chi connectivity index (χ4v) is 1.49. The molecule has 1 aromatic rings. The van der Waals surface area contributed by atoms with Crippen LogP contribution in [0.25, 0.3) is 0 Å². The van der Waals surface area contributed by atoms with Gasteiger partial charge in [0.15, 0.2) is 0 Å². The predicted molar refractivity (Wildman–Crippen MR) is 53.7 cm³/mol. The van der Waals surface area contributed by atoms with Crippen molar-refractivity contribution >= 4 is 0 Å². The fourth-order valence-electron chi connectivity index (χ4n) is 1.49. The van der Waals surface area contributed by atoms with Gasteiger partial charge in [-0.15, -0.1) is 0 Å². The van der Waals surface area contributed by atoms with Gasteiger partial charge in [0.05, 0.1) is 0 Å². The van der Waals surface area contributed by atoms with Gasteiger partial charge in [-0.05, 0) is 31.6 Å². The van der Waals surface area contributed by atoms with E-state index in [4.69, 9.17) is 0 Å². The highest BCUT2D eigenvalue weighted by Crippen LogP contribution is 2.28. The molecule has 0 fully saturated rings. The Hall–Kier alpha value is -1.03. The lowest BCUT2D eigenvalue weighted by Gasteiger charge is -2.16. The first-order valence-corrected chi connectivity index (χ1v) is 4.84. The van der Waals surface area contributed by atoms with E-state index >= 15 is 0 Å². The molecule has 4 heteroatoms. The van der Waals surface area contributed by atoms with E-state index in [0.29, 0.717) is 6.54 Å². The van der Waals surface area contributed by atoms with E-state index in [1.165, 1.54) is 18.2 Å². The Kier molecular flexibility index (Phi) is 4.62. The van der Waals surface area contributed by atoms with Crippen LogP contribution in [0.15, 0.2) is 24.3 Å². The summed E-state index contributed by atoms with van der Waals surface area (Å²) in [4.78, 5) is 0. The van der Waals surface area contributed by atoms with E-state index in [1.54, 1.807) is 13.1 Å². The zero-order valence-electron chi connectivity index (χ0n) is 8.51. The first-order valence-electron chi connectivity index (χ1n) is 4.84. The second kappa shape index (κ2) is 5.75. The van der Waals surface area contributed by atoms with Gasteiger partial charge in [0.1, 0.15) is 5.82 Å². The van der Waals surface area contributed by atoms with Crippen molar-refractivity contribution in [2.75, 3.05) is 13.6 Å². The smallest absolute Gasteiger partial charge is 0.245 e. The third kappa shape index (κ3) is 3.23. The van der Waals surface area contributed by atoms with Crippen LogP contribution < -0.4 is 5.32 Å². The third-order valence-electron chi connectivity index (χ3n) is 2.31. The molecule has 0 bridgehead atoms. The van der Waals surface area contributed by atoms with Crippen LogP contribution in [0, 0.1) is 5.82 Å². The molecule has 1 atom stereocenters. The average molecular weight is 217 g/mol. The normalized spacial score (nSPS) is 13.1. The Morgan fingerprint density at radius 1 is 1.27 bits per heavy atom. The SMILES string of the molecule is CNCCC(c1ccccc1F)C(F)F. The summed E-state index contributed by atoms with van der Waals surface area (Å²) in [5, 5.41) is 2.79. The van der Waals surface area contributed by atoms with Gasteiger partial charge >= 0.3 is 0 Å². The average Bonchev–Trinajstić information content (AvgIpc) is 2.20. The quantitative estimate of drug-likeness (QED) is 0.799. The maximum Gasteiger partial charge on any atom is 0.245 e. The largest absolute Gasteiger partial charge is 0.320 e. The second-order valence-corrected chi connectivity index (χ2v) is 3.35. The lowest BCUT2D eigenvalue weighted by atomic mass is 9.95. The zero-order chi connectivity index (χ0) is 11.3. The summed E-state index contributed by atoms with van der Waals surface area (Å²) >= 11 is 0. The molecule has 1 unspecified atom stereocenters. The van der Waals surface area contributed by atoms with E-state index in [1.807, 2.05) is 0 Å². The Morgan fingerprint density at radius 3 is 2.47 bits per heavy atom. The van der Waals surface area contributed by atoms with Crippen molar-refractivity contribution in [3.63, 3.8) is 0 Å². The highest BCUT2D eigenvalue weighted by atomic mass is 19.3. The number of halogens is 3. The number of alkyl halides is 2. The van der Waals surface area contributed by atoms with Crippen molar-refractivity contribution in [3.8, 4) is 0 Å². The van der Waals surface area contributed by atoms with Crippen molar-refractivity contribution in [2.45, 2.75) is 18.8 Å². The van der Waals surface area contributed by atoms with Crippen molar-refractivity contribution in [3.05, 3.63) is 35.6 Å². The maximum absolute atomic E-state index is 13.3. The molecule has 15 heavy (non-hydrogen) atoms. The summed E-state index contributed by atoms with van der Waals surface area (Å²) in [6, 6.07) is 5.71. The van der Waals surface area contributed by atoms with E-state index in [9.17, 15) is 13.2 Å². The van der Waals surface area contributed by atoms with Gasteiger partial charge in [0, 0.05) is 5.92 Å². The highest BCUT2D eigenvalue weighted by molar-refractivity contribution is 5.22. The minimum Gasteiger partial charge on any atom is -0.320 e. The molecular weight excluding hydrogens is 203 g/mol. The maximum atomic E-state index is 13.3. The van der Waals surface area contributed by atoms with Gasteiger partial charge in [-0.3, -0.25) is 0 Å². The second-order valence-electron chi connectivity index (χ2n) is 3.35. The van der Waals surface area contributed by atoms with Gasteiger partial charge in [0.25, 0.3) is 0 Å². The molecule has 1 rings (SSSR count). The van der Waals surface area contributed by atoms with Crippen molar-refractivity contribution in [2.24, 2.45) is 0 Å². The first kappa shape index (κ1) is 12.0. The monoisotopic (exact) mass is 217 g/mol. The van der Waals surface area contributed by atoms with Crippen LogP contribution >= 0.6 is 0 Å². The molecule has 0 saturated carbocycles. The number of hydrogen-bond acceptors (Lipinski definition) is 1. The molecule has 0 aliphatic rings. The lowest BCUT2D eigenvalue weighted by Crippen LogP contribution is -2.18. The summed E-state index contributed by atoms with van der Waals surface area (Å²) in [6.07, 6.45) is -2.30. The molecule has 0 saturated heterocycles. The van der Waals surface area contributed by atoms with Crippen LogP contribution in [-0.4, -0.2) is 20.0 Å². The molecule has 0 spiro atoms. The zero-order valence-corrected chi connectivity index (χ0v) is 8.51. The summed E-state index contributed by atoms with van der Waals surface area (Å²) in [5.74, 6) is -1.59. The Bertz CT molecular complexity index is 302. The van der Waals surface area contributed by atoms with Crippen LogP contribution in [0.4, 0.5) is 13.2 Å². The van der Waals surface area contributed by atoms with E-state index in [-0.39, 0.29) is 12.0 Å². The molecular formula is C11H14F3N. The third-order valence-corrected chi connectivity index (χ3v) is 2.31. The number of nitrogens with one attached hydrogen (secondary N) is 1. The molecule has 0 amide bonds. The molecule has 0 aromatic heterocycles. The van der Waals surface area contributed by atoms with Crippen LogP contribution in [0.2, 0.25) is 0 Å². The van der Waals surface area contributed by atoms with Crippen molar-refractivity contribution in [1.82, 2.24) is 5.32 Å². The molecule has 1 aromatic carbocycles. The Morgan fingerprint density at radius 2 is 1.93 bits per heavy atom. The standard InChI is InChI=1S/C11H14F3N/c1-15-7-6-9(11(13)14)8-4-2-3-5-10(8)12/h2-5,9,11,15H,6-7H2,1H3. The molecule has 0 radical (unpaired) electrons. The summed E-state index contributed by atoms with van der Waals surface area (Å²) < 4.78 is 38.7. The predicted octanol–water partition coefficient (Wildman–Crippen LogP) is 2.78. The van der Waals surface area contributed by atoms with Crippen LogP contribution in [0.1, 0.15) is 17.9 Å². The first-order chi connectivity index (χ1) is 7.16. The molecule has 84 valence electrons. The topological polar surface area (TPSA) is 12.0 Å². The molecule has 1 nitrogen and oxygen atoms in total. The Balaban J connectivity index is 2.84. The van der Waals surface area contributed by atoms with Gasteiger partial charge < -0.3 is 5.32 Å². The summed E-state index contributed by atoms with van der Waals surface area (Å²) in [7, 11) is 1.68. The lowest BCUT2D eigenvalue weighted by molar-refractivity contribution is 0.108. The van der Waals surface area contributed by atoms with Gasteiger partial charge in [-0.25, -0.2) is 13.2 Å². The summed E-state index contributed by atoms with van der Waals surface area (Å²) in [6.45, 7) is 0.448. The Labute approximate surface area is 87.3 Å². The number of benzene rings is 1. The highest BCUT2D eigenvalue weighted by Gasteiger charge is 2.24. The van der Waals surface area contributed by atoms with Crippen LogP contribution in [-0.2, 0) is 0 Å². The van der Waals surface area contributed by atoms with Crippen molar-refractivity contribution in [1.29, 1.82) is 0 Å². The van der Waals surface area contributed by atoms with Gasteiger partial charge in [-0.1, -0.05) is 18.2 Å². The van der Waals surface area contributed by atoms with Crippen LogP contribution in [0.3, 0.4) is 0 Å². The van der Waals surface area contributed by atoms with E-state index in [2.05, 4.69) is 5.32 Å². The van der Waals surface area contributed by atoms with Gasteiger partial charge in [0.2, 0.25) is 6.43 Å². The molecule has 0 aliphatic carbocycles.